The Bertz CT molecular complexity index is 776. The van der Waals surface area contributed by atoms with Crippen LogP contribution in [0.3, 0.4) is 0 Å². The molecule has 0 aromatic carbocycles. The highest BCUT2D eigenvalue weighted by Crippen LogP contribution is 2.26. The number of nitrogens with zero attached hydrogens (tertiary/aromatic N) is 1. The summed E-state index contributed by atoms with van der Waals surface area (Å²) in [7, 11) is 0. The van der Waals surface area contributed by atoms with E-state index in [2.05, 4.69) is 26.6 Å². The zero-order chi connectivity index (χ0) is 18.7. The lowest BCUT2D eigenvalue weighted by atomic mass is 10.1. The smallest absolute Gasteiger partial charge is 0.268 e. The third-order valence-electron chi connectivity index (χ3n) is 4.83. The van der Waals surface area contributed by atoms with E-state index in [1.807, 2.05) is 19.9 Å². The highest BCUT2D eigenvalue weighted by Gasteiger charge is 2.25. The van der Waals surface area contributed by atoms with E-state index in [1.165, 1.54) is 11.8 Å². The molecule has 26 heavy (non-hydrogen) atoms. The zero-order valence-electron chi connectivity index (χ0n) is 15.4. The minimum Gasteiger partial charge on any atom is -0.379 e. The van der Waals surface area contributed by atoms with Crippen molar-refractivity contribution in [3.05, 3.63) is 44.9 Å². The van der Waals surface area contributed by atoms with Gasteiger partial charge in [0.05, 0.1) is 19.3 Å². The van der Waals surface area contributed by atoms with Crippen LogP contribution in [0.2, 0.25) is 0 Å². The van der Waals surface area contributed by atoms with Gasteiger partial charge in [-0.05, 0) is 37.8 Å². The monoisotopic (exact) mass is 375 g/mol. The van der Waals surface area contributed by atoms with Gasteiger partial charge in [0.1, 0.15) is 5.69 Å². The first-order valence-electron chi connectivity index (χ1n) is 8.82. The predicted octanol–water partition coefficient (Wildman–Crippen LogP) is 2.70. The molecule has 2 N–H and O–H groups in total. The third kappa shape index (κ3) is 3.90. The molecule has 1 unspecified atom stereocenters. The van der Waals surface area contributed by atoms with Gasteiger partial charge < -0.3 is 15.0 Å². The number of amides is 1. The van der Waals surface area contributed by atoms with Gasteiger partial charge in [-0.1, -0.05) is 6.07 Å². The highest BCUT2D eigenvalue weighted by molar-refractivity contribution is 7.10. The van der Waals surface area contributed by atoms with Crippen LogP contribution in [0.15, 0.2) is 17.5 Å². The summed E-state index contributed by atoms with van der Waals surface area (Å²) in [5.41, 5.74) is 2.53. The van der Waals surface area contributed by atoms with Crippen molar-refractivity contribution in [3.63, 3.8) is 0 Å². The highest BCUT2D eigenvalue weighted by atomic mass is 32.1. The average molecular weight is 375 g/mol. The van der Waals surface area contributed by atoms with Crippen molar-refractivity contribution in [3.8, 4) is 0 Å². The van der Waals surface area contributed by atoms with Crippen molar-refractivity contribution in [2.75, 3.05) is 32.8 Å². The molecule has 7 heteroatoms. The number of Topliss-reactive ketones (excluding diaryl/α,β-unsaturated/α-hetero) is 1. The Balaban J connectivity index is 1.74. The van der Waals surface area contributed by atoms with E-state index >= 15 is 0 Å². The van der Waals surface area contributed by atoms with Crippen molar-refractivity contribution in [2.24, 2.45) is 0 Å². The number of carbonyl (C=O) groups excluding carboxylic acids is 2. The molecule has 3 heterocycles. The first-order valence-corrected chi connectivity index (χ1v) is 9.70. The number of carbonyl (C=O) groups is 2. The SMILES string of the molecule is CC(=O)c1c(C)[nH]c(C(=O)NCC(c2cccs2)N2CCOCC2)c1C. The molecule has 1 amide bonds. The molecule has 1 atom stereocenters. The van der Waals surface area contributed by atoms with Crippen LogP contribution in [0.1, 0.15) is 49.9 Å². The molecule has 1 aliphatic rings. The number of ketones is 1. The first kappa shape index (κ1) is 18.8. The van der Waals surface area contributed by atoms with Crippen LogP contribution in [0.5, 0.6) is 0 Å². The number of morpholine rings is 1. The van der Waals surface area contributed by atoms with E-state index in [0.717, 1.165) is 18.8 Å². The number of thiophene rings is 1. The van der Waals surface area contributed by atoms with Gasteiger partial charge in [0, 0.05) is 35.8 Å². The van der Waals surface area contributed by atoms with Crippen LogP contribution >= 0.6 is 11.3 Å². The molecule has 0 aliphatic carbocycles. The van der Waals surface area contributed by atoms with Crippen molar-refractivity contribution >= 4 is 23.0 Å². The lowest BCUT2D eigenvalue weighted by Crippen LogP contribution is -2.43. The lowest BCUT2D eigenvalue weighted by Gasteiger charge is -2.34. The standard InChI is InChI=1S/C19H25N3O3S/c1-12-17(14(3)23)13(2)21-18(12)19(24)20-11-15(16-5-4-10-26-16)22-6-8-25-9-7-22/h4-5,10,15,21H,6-9,11H2,1-3H3,(H,20,24). The Morgan fingerprint density at radius 2 is 2.08 bits per heavy atom. The summed E-state index contributed by atoms with van der Waals surface area (Å²) < 4.78 is 5.45. The normalized spacial score (nSPS) is 16.4. The molecule has 3 rings (SSSR count). The number of hydrogen-bond acceptors (Lipinski definition) is 5. The largest absolute Gasteiger partial charge is 0.379 e. The van der Waals surface area contributed by atoms with Gasteiger partial charge in [-0.2, -0.15) is 0 Å². The molecule has 0 spiro atoms. The topological polar surface area (TPSA) is 74.4 Å². The minimum atomic E-state index is -0.173. The number of ether oxygens (including phenoxy) is 1. The predicted molar refractivity (Wildman–Crippen MR) is 102 cm³/mol. The summed E-state index contributed by atoms with van der Waals surface area (Å²) >= 11 is 1.70. The van der Waals surface area contributed by atoms with Gasteiger partial charge in [0.25, 0.3) is 5.91 Å². The molecule has 2 aromatic rings. The maximum absolute atomic E-state index is 12.7. The van der Waals surface area contributed by atoms with Gasteiger partial charge in [-0.3, -0.25) is 14.5 Å². The minimum absolute atomic E-state index is 0.0277. The van der Waals surface area contributed by atoms with Crippen LogP contribution in [0, 0.1) is 13.8 Å². The molecule has 140 valence electrons. The second-order valence-electron chi connectivity index (χ2n) is 6.57. The summed E-state index contributed by atoms with van der Waals surface area (Å²) in [4.78, 5) is 31.2. The van der Waals surface area contributed by atoms with Crippen LogP contribution < -0.4 is 5.32 Å². The Labute approximate surface area is 157 Å². The molecule has 1 saturated heterocycles. The first-order chi connectivity index (χ1) is 12.5. The second kappa shape index (κ2) is 8.16. The molecule has 1 fully saturated rings. The number of H-pyrrole nitrogens is 1. The van der Waals surface area contributed by atoms with Gasteiger partial charge in [0.2, 0.25) is 0 Å². The van der Waals surface area contributed by atoms with Crippen LogP contribution in [-0.2, 0) is 4.74 Å². The Morgan fingerprint density at radius 1 is 1.35 bits per heavy atom. The van der Waals surface area contributed by atoms with Crippen LogP contribution in [0.25, 0.3) is 0 Å². The number of aryl methyl sites for hydroxylation is 1. The summed E-state index contributed by atoms with van der Waals surface area (Å²) in [6, 6.07) is 4.27. The molecular weight excluding hydrogens is 350 g/mol. The molecular formula is C19H25N3O3S. The summed E-state index contributed by atoms with van der Waals surface area (Å²) in [6.07, 6.45) is 0. The van der Waals surface area contributed by atoms with Crippen LogP contribution in [0.4, 0.5) is 0 Å². The van der Waals surface area contributed by atoms with Crippen molar-refractivity contribution in [2.45, 2.75) is 26.8 Å². The molecule has 0 bridgehead atoms. The van der Waals surface area contributed by atoms with Crippen molar-refractivity contribution in [1.82, 2.24) is 15.2 Å². The van der Waals surface area contributed by atoms with Gasteiger partial charge in [0.15, 0.2) is 5.78 Å². The fourth-order valence-electron chi connectivity index (χ4n) is 3.56. The quantitative estimate of drug-likeness (QED) is 0.762. The lowest BCUT2D eigenvalue weighted by molar-refractivity contribution is 0.0169. The fraction of sp³-hybridized carbons (Fsp3) is 0.474. The number of aromatic nitrogens is 1. The van der Waals surface area contributed by atoms with E-state index < -0.39 is 0 Å². The Kier molecular flexibility index (Phi) is 5.90. The third-order valence-corrected chi connectivity index (χ3v) is 5.80. The Hall–Kier alpha value is -1.96. The molecule has 1 aliphatic heterocycles. The maximum Gasteiger partial charge on any atom is 0.268 e. The van der Waals surface area contributed by atoms with Gasteiger partial charge in [-0.15, -0.1) is 11.3 Å². The summed E-state index contributed by atoms with van der Waals surface area (Å²) in [5, 5.41) is 5.11. The van der Waals surface area contributed by atoms with Crippen LogP contribution in [-0.4, -0.2) is 54.4 Å². The van der Waals surface area contributed by atoms with Crippen molar-refractivity contribution < 1.29 is 14.3 Å². The number of nitrogens with one attached hydrogen (secondary N) is 2. The number of rotatable bonds is 6. The zero-order valence-corrected chi connectivity index (χ0v) is 16.2. The van der Waals surface area contributed by atoms with E-state index in [0.29, 0.717) is 36.6 Å². The Morgan fingerprint density at radius 3 is 2.65 bits per heavy atom. The van der Waals surface area contributed by atoms with E-state index in [9.17, 15) is 9.59 Å². The summed E-state index contributed by atoms with van der Waals surface area (Å²) in [6.45, 7) is 8.82. The molecule has 6 nitrogen and oxygen atoms in total. The number of aromatic amines is 1. The molecule has 2 aromatic heterocycles. The number of hydrogen-bond donors (Lipinski definition) is 2. The van der Waals surface area contributed by atoms with Crippen molar-refractivity contribution in [1.29, 1.82) is 0 Å². The second-order valence-corrected chi connectivity index (χ2v) is 7.55. The van der Waals surface area contributed by atoms with E-state index in [4.69, 9.17) is 4.74 Å². The molecule has 0 radical (unpaired) electrons. The average Bonchev–Trinajstić information content (AvgIpc) is 3.24. The van der Waals surface area contributed by atoms with E-state index in [-0.39, 0.29) is 17.7 Å². The van der Waals surface area contributed by atoms with E-state index in [1.54, 1.807) is 11.3 Å². The van der Waals surface area contributed by atoms with Gasteiger partial charge >= 0.3 is 0 Å². The summed E-state index contributed by atoms with van der Waals surface area (Å²) in [5.74, 6) is -0.201. The fourth-order valence-corrected chi connectivity index (χ4v) is 4.42. The molecule has 0 saturated carbocycles. The van der Waals surface area contributed by atoms with Gasteiger partial charge in [-0.25, -0.2) is 0 Å². The maximum atomic E-state index is 12.7.